The van der Waals surface area contributed by atoms with Crippen LogP contribution >= 0.6 is 0 Å². The highest BCUT2D eigenvalue weighted by atomic mass is 15.2. The van der Waals surface area contributed by atoms with Gasteiger partial charge in [-0.1, -0.05) is 25.3 Å². The molecule has 0 radical (unpaired) electrons. The molecule has 0 spiro atoms. The summed E-state index contributed by atoms with van der Waals surface area (Å²) in [5.41, 5.74) is 1.39. The van der Waals surface area contributed by atoms with Crippen LogP contribution in [0.4, 0.5) is 5.82 Å². The molecule has 3 fully saturated rings. The number of pyridine rings is 1. The van der Waals surface area contributed by atoms with Gasteiger partial charge < -0.3 is 10.2 Å². The van der Waals surface area contributed by atoms with Gasteiger partial charge in [-0.25, -0.2) is 4.98 Å². The molecule has 2 aliphatic carbocycles. The molecule has 3 nitrogen and oxygen atoms in total. The van der Waals surface area contributed by atoms with Gasteiger partial charge in [0.05, 0.1) is 0 Å². The molecular weight excluding hydrogens is 258 g/mol. The number of hydrogen-bond donors (Lipinski definition) is 1. The molecular formula is C18H27N3. The highest BCUT2D eigenvalue weighted by Gasteiger charge is 2.32. The van der Waals surface area contributed by atoms with Gasteiger partial charge in [0.1, 0.15) is 5.82 Å². The van der Waals surface area contributed by atoms with Crippen molar-refractivity contribution in [2.75, 3.05) is 18.0 Å². The van der Waals surface area contributed by atoms with Crippen LogP contribution in [0.1, 0.15) is 50.5 Å². The van der Waals surface area contributed by atoms with Gasteiger partial charge in [0.2, 0.25) is 0 Å². The summed E-state index contributed by atoms with van der Waals surface area (Å²) in [4.78, 5) is 7.29. The zero-order valence-electron chi connectivity index (χ0n) is 12.9. The Labute approximate surface area is 128 Å². The number of anilines is 1. The van der Waals surface area contributed by atoms with E-state index in [-0.39, 0.29) is 0 Å². The van der Waals surface area contributed by atoms with Crippen molar-refractivity contribution in [1.29, 1.82) is 0 Å². The molecule has 0 bridgehead atoms. The van der Waals surface area contributed by atoms with Crippen LogP contribution < -0.4 is 10.2 Å². The average Bonchev–Trinajstić information content (AvgIpc) is 3.37. The fourth-order valence-electron chi connectivity index (χ4n) is 4.19. The monoisotopic (exact) mass is 285 g/mol. The smallest absolute Gasteiger partial charge is 0.133 e. The number of hydrogen-bond acceptors (Lipinski definition) is 3. The first-order valence-electron chi connectivity index (χ1n) is 8.82. The summed E-state index contributed by atoms with van der Waals surface area (Å²) < 4.78 is 0. The molecule has 1 saturated heterocycles. The normalized spacial score (nSPS) is 29.2. The van der Waals surface area contributed by atoms with Crippen molar-refractivity contribution in [2.45, 2.75) is 57.5 Å². The van der Waals surface area contributed by atoms with Gasteiger partial charge in [-0.15, -0.1) is 0 Å². The van der Waals surface area contributed by atoms with Gasteiger partial charge in [-0.3, -0.25) is 0 Å². The topological polar surface area (TPSA) is 28.2 Å². The Morgan fingerprint density at radius 1 is 1.10 bits per heavy atom. The number of fused-ring (bicyclic) bond motifs is 1. The highest BCUT2D eigenvalue weighted by molar-refractivity contribution is 5.47. The predicted octanol–water partition coefficient (Wildman–Crippen LogP) is 3.35. The van der Waals surface area contributed by atoms with Crippen LogP contribution in [0, 0.1) is 11.8 Å². The van der Waals surface area contributed by atoms with Crippen molar-refractivity contribution in [3.8, 4) is 0 Å². The third-order valence-electron chi connectivity index (χ3n) is 5.62. The third kappa shape index (κ3) is 3.08. The van der Waals surface area contributed by atoms with E-state index in [1.54, 1.807) is 0 Å². The van der Waals surface area contributed by atoms with Crippen LogP contribution in [-0.4, -0.2) is 24.1 Å². The second-order valence-electron chi connectivity index (χ2n) is 7.18. The van der Waals surface area contributed by atoms with Gasteiger partial charge in [-0.05, 0) is 43.6 Å². The standard InChI is InChI=1S/C18H27N3/c1-2-5-16-13-21(11-9-14(16)4-1)18-15(6-3-10-19-18)12-20-17-7-8-17/h3,6,10,14,16-17,20H,1-2,4-5,7-9,11-13H2. The van der Waals surface area contributed by atoms with Crippen molar-refractivity contribution < 1.29 is 0 Å². The maximum absolute atomic E-state index is 4.72. The molecule has 21 heavy (non-hydrogen) atoms. The Kier molecular flexibility index (Phi) is 3.85. The summed E-state index contributed by atoms with van der Waals surface area (Å²) in [5, 5.41) is 3.64. The second kappa shape index (κ2) is 5.96. The van der Waals surface area contributed by atoms with E-state index in [1.807, 2.05) is 6.20 Å². The van der Waals surface area contributed by atoms with E-state index in [1.165, 1.54) is 69.4 Å². The van der Waals surface area contributed by atoms with E-state index < -0.39 is 0 Å². The third-order valence-corrected chi connectivity index (χ3v) is 5.62. The van der Waals surface area contributed by atoms with Gasteiger partial charge in [0.15, 0.2) is 0 Å². The lowest BCUT2D eigenvalue weighted by molar-refractivity contribution is 0.202. The molecule has 1 N–H and O–H groups in total. The Hall–Kier alpha value is -1.09. The maximum Gasteiger partial charge on any atom is 0.133 e. The lowest BCUT2D eigenvalue weighted by Gasteiger charge is -2.42. The van der Waals surface area contributed by atoms with E-state index in [0.29, 0.717) is 0 Å². The summed E-state index contributed by atoms with van der Waals surface area (Å²) in [6, 6.07) is 5.10. The van der Waals surface area contributed by atoms with Gasteiger partial charge in [0, 0.05) is 37.4 Å². The first-order chi connectivity index (χ1) is 10.4. The summed E-state index contributed by atoms with van der Waals surface area (Å²) in [6.45, 7) is 3.42. The molecule has 2 heterocycles. The minimum Gasteiger partial charge on any atom is -0.356 e. The van der Waals surface area contributed by atoms with E-state index in [0.717, 1.165) is 24.4 Å². The van der Waals surface area contributed by atoms with E-state index >= 15 is 0 Å². The Balaban J connectivity index is 1.47. The van der Waals surface area contributed by atoms with Gasteiger partial charge in [-0.2, -0.15) is 0 Å². The molecule has 3 heteroatoms. The number of nitrogens with zero attached hydrogens (tertiary/aromatic N) is 2. The van der Waals surface area contributed by atoms with Crippen LogP contribution in [0.25, 0.3) is 0 Å². The molecule has 0 amide bonds. The predicted molar refractivity (Wildman–Crippen MR) is 86.4 cm³/mol. The lowest BCUT2D eigenvalue weighted by atomic mass is 9.75. The second-order valence-corrected chi connectivity index (χ2v) is 7.18. The van der Waals surface area contributed by atoms with Crippen LogP contribution in [0.5, 0.6) is 0 Å². The number of piperidine rings is 1. The fraction of sp³-hybridized carbons (Fsp3) is 0.722. The molecule has 2 saturated carbocycles. The first kappa shape index (κ1) is 13.6. The quantitative estimate of drug-likeness (QED) is 0.919. The minimum atomic E-state index is 0.766. The Morgan fingerprint density at radius 3 is 2.81 bits per heavy atom. The first-order valence-corrected chi connectivity index (χ1v) is 8.82. The zero-order chi connectivity index (χ0) is 14.1. The zero-order valence-corrected chi connectivity index (χ0v) is 12.9. The highest BCUT2D eigenvalue weighted by Crippen LogP contribution is 2.37. The van der Waals surface area contributed by atoms with Crippen LogP contribution in [0.3, 0.4) is 0 Å². The SMILES string of the molecule is c1cnc(N2CCC3CCCCC3C2)c(CNC2CC2)c1. The van der Waals surface area contributed by atoms with E-state index in [9.17, 15) is 0 Å². The van der Waals surface area contributed by atoms with Crippen molar-refractivity contribution in [1.82, 2.24) is 10.3 Å². The van der Waals surface area contributed by atoms with E-state index in [4.69, 9.17) is 4.98 Å². The summed E-state index contributed by atoms with van der Waals surface area (Å²) in [7, 11) is 0. The summed E-state index contributed by atoms with van der Waals surface area (Å²) in [5.74, 6) is 3.15. The molecule has 1 aromatic heterocycles. The molecule has 114 valence electrons. The molecule has 0 aromatic carbocycles. The van der Waals surface area contributed by atoms with E-state index in [2.05, 4.69) is 22.3 Å². The molecule has 4 rings (SSSR count). The fourth-order valence-corrected chi connectivity index (χ4v) is 4.19. The molecule has 1 aliphatic heterocycles. The van der Waals surface area contributed by atoms with Gasteiger partial charge in [0.25, 0.3) is 0 Å². The van der Waals surface area contributed by atoms with Crippen LogP contribution in [0.15, 0.2) is 18.3 Å². The molecule has 2 unspecified atom stereocenters. The van der Waals surface area contributed by atoms with Crippen LogP contribution in [-0.2, 0) is 6.54 Å². The van der Waals surface area contributed by atoms with Crippen molar-refractivity contribution >= 4 is 5.82 Å². The molecule has 1 aromatic rings. The molecule has 2 atom stereocenters. The van der Waals surface area contributed by atoms with Crippen molar-refractivity contribution in [3.63, 3.8) is 0 Å². The van der Waals surface area contributed by atoms with Gasteiger partial charge >= 0.3 is 0 Å². The van der Waals surface area contributed by atoms with Crippen LogP contribution in [0.2, 0.25) is 0 Å². The number of aromatic nitrogens is 1. The largest absolute Gasteiger partial charge is 0.356 e. The summed E-state index contributed by atoms with van der Waals surface area (Å²) >= 11 is 0. The number of rotatable bonds is 4. The molecule has 3 aliphatic rings. The Bertz CT molecular complexity index is 483. The minimum absolute atomic E-state index is 0.766. The number of nitrogens with one attached hydrogen (secondary N) is 1. The maximum atomic E-state index is 4.72. The average molecular weight is 285 g/mol. The van der Waals surface area contributed by atoms with Crippen molar-refractivity contribution in [3.05, 3.63) is 23.9 Å². The summed E-state index contributed by atoms with van der Waals surface area (Å²) in [6.07, 6.45) is 11.8. The Morgan fingerprint density at radius 2 is 1.95 bits per heavy atom. The lowest BCUT2D eigenvalue weighted by Crippen LogP contribution is -2.42. The van der Waals surface area contributed by atoms with Crippen molar-refractivity contribution in [2.24, 2.45) is 11.8 Å².